The topological polar surface area (TPSA) is 33.1 Å². The van der Waals surface area contributed by atoms with Crippen LogP contribution in [0.15, 0.2) is 36.5 Å². The zero-order chi connectivity index (χ0) is 15.1. The van der Waals surface area contributed by atoms with Gasteiger partial charge in [0.1, 0.15) is 0 Å². The Morgan fingerprint density at radius 2 is 2.00 bits per heavy atom. The second-order valence-corrected chi connectivity index (χ2v) is 5.51. The van der Waals surface area contributed by atoms with Gasteiger partial charge in [0.15, 0.2) is 0 Å². The third kappa shape index (κ3) is 4.90. The smallest absolute Gasteiger partial charge is 0.203 e. The normalized spacial score (nSPS) is 11.0. The lowest BCUT2D eigenvalue weighted by Crippen LogP contribution is -2.20. The molecule has 0 bridgehead atoms. The molecular weight excluding hydrogens is 260 g/mol. The van der Waals surface area contributed by atoms with Crippen molar-refractivity contribution < 1.29 is 0 Å². The minimum atomic E-state index is 0.907. The molecule has 4 heteroatoms. The van der Waals surface area contributed by atoms with Gasteiger partial charge in [0.25, 0.3) is 0 Å². The number of aromatic nitrogens is 2. The van der Waals surface area contributed by atoms with Crippen LogP contribution in [-0.2, 0) is 13.1 Å². The third-order valence-corrected chi connectivity index (χ3v) is 3.47. The molecular formula is C17H26N4. The van der Waals surface area contributed by atoms with Gasteiger partial charge in [-0.1, -0.05) is 30.3 Å². The molecule has 0 fully saturated rings. The van der Waals surface area contributed by atoms with E-state index in [2.05, 4.69) is 70.3 Å². The van der Waals surface area contributed by atoms with E-state index in [1.54, 1.807) is 0 Å². The summed E-state index contributed by atoms with van der Waals surface area (Å²) in [5.74, 6) is 0.987. The first-order valence-corrected chi connectivity index (χ1v) is 7.69. The molecule has 0 atom stereocenters. The van der Waals surface area contributed by atoms with Gasteiger partial charge < -0.3 is 14.8 Å². The maximum absolute atomic E-state index is 4.50. The molecule has 0 saturated carbocycles. The second-order valence-electron chi connectivity index (χ2n) is 5.51. The van der Waals surface area contributed by atoms with E-state index in [0.717, 1.165) is 44.2 Å². The van der Waals surface area contributed by atoms with E-state index >= 15 is 0 Å². The maximum Gasteiger partial charge on any atom is 0.203 e. The predicted molar refractivity (Wildman–Crippen MR) is 88.5 cm³/mol. The lowest BCUT2D eigenvalue weighted by Gasteiger charge is -2.17. The van der Waals surface area contributed by atoms with Crippen molar-refractivity contribution in [3.05, 3.63) is 47.8 Å². The molecule has 1 heterocycles. The summed E-state index contributed by atoms with van der Waals surface area (Å²) in [4.78, 5) is 6.87. The number of hydrogen-bond acceptors (Lipinski definition) is 3. The average Bonchev–Trinajstić information content (AvgIpc) is 2.80. The van der Waals surface area contributed by atoms with E-state index in [4.69, 9.17) is 0 Å². The Balaban J connectivity index is 1.78. The molecule has 0 aliphatic rings. The molecule has 0 amide bonds. The number of hydrogen-bond donors (Lipinski definition) is 1. The second kappa shape index (κ2) is 7.84. The zero-order valence-electron chi connectivity index (χ0n) is 13.3. The molecule has 114 valence electrons. The highest BCUT2D eigenvalue weighted by molar-refractivity contribution is 5.28. The number of benzene rings is 1. The summed E-state index contributed by atoms with van der Waals surface area (Å²) in [6.07, 6.45) is 3.24. The maximum atomic E-state index is 4.50. The highest BCUT2D eigenvalue weighted by Gasteiger charge is 2.05. The molecule has 2 aromatic rings. The molecule has 0 aliphatic heterocycles. The van der Waals surface area contributed by atoms with Crippen LogP contribution in [0, 0.1) is 6.92 Å². The third-order valence-electron chi connectivity index (χ3n) is 3.47. The Hall–Kier alpha value is -1.81. The molecule has 0 aliphatic carbocycles. The quantitative estimate of drug-likeness (QED) is 0.809. The molecule has 1 N–H and O–H groups in total. The SMILES string of the molecule is CCNc1nc(C)cn1CCCN(C)Cc1ccccc1. The van der Waals surface area contributed by atoms with Crippen LogP contribution in [0.2, 0.25) is 0 Å². The average molecular weight is 286 g/mol. The molecule has 4 nitrogen and oxygen atoms in total. The molecule has 0 unspecified atom stereocenters. The lowest BCUT2D eigenvalue weighted by molar-refractivity contribution is 0.314. The summed E-state index contributed by atoms with van der Waals surface area (Å²) < 4.78 is 2.22. The first-order valence-electron chi connectivity index (χ1n) is 7.69. The van der Waals surface area contributed by atoms with Gasteiger partial charge in [-0.05, 0) is 39.4 Å². The largest absolute Gasteiger partial charge is 0.356 e. The monoisotopic (exact) mass is 286 g/mol. The van der Waals surface area contributed by atoms with Gasteiger partial charge >= 0.3 is 0 Å². The lowest BCUT2D eigenvalue weighted by atomic mass is 10.2. The van der Waals surface area contributed by atoms with Crippen molar-refractivity contribution in [2.75, 3.05) is 25.5 Å². The number of nitrogens with one attached hydrogen (secondary N) is 1. The summed E-state index contributed by atoms with van der Waals surface area (Å²) in [6.45, 7) is 8.13. The molecule has 2 rings (SSSR count). The van der Waals surface area contributed by atoms with E-state index in [1.807, 2.05) is 6.92 Å². The molecule has 1 aromatic heterocycles. The Labute approximate surface area is 127 Å². The number of imidazole rings is 1. The Bertz CT molecular complexity index is 533. The van der Waals surface area contributed by atoms with Crippen molar-refractivity contribution in [1.29, 1.82) is 0 Å². The van der Waals surface area contributed by atoms with E-state index < -0.39 is 0 Å². The predicted octanol–water partition coefficient (Wildman–Crippen LogP) is 3.15. The van der Waals surface area contributed by atoms with Crippen molar-refractivity contribution >= 4 is 5.95 Å². The van der Waals surface area contributed by atoms with Gasteiger partial charge in [-0.2, -0.15) is 0 Å². The Kier molecular flexibility index (Phi) is 5.81. The minimum Gasteiger partial charge on any atom is -0.356 e. The van der Waals surface area contributed by atoms with Crippen molar-refractivity contribution in [2.45, 2.75) is 33.4 Å². The van der Waals surface area contributed by atoms with E-state index in [1.165, 1.54) is 5.56 Å². The van der Waals surface area contributed by atoms with Crippen molar-refractivity contribution in [2.24, 2.45) is 0 Å². The Morgan fingerprint density at radius 3 is 2.71 bits per heavy atom. The fourth-order valence-corrected chi connectivity index (χ4v) is 2.50. The summed E-state index contributed by atoms with van der Waals surface area (Å²) in [6, 6.07) is 10.6. The molecule has 21 heavy (non-hydrogen) atoms. The molecule has 0 spiro atoms. The number of aryl methyl sites for hydroxylation is 2. The molecule has 1 aromatic carbocycles. The van der Waals surface area contributed by atoms with Crippen LogP contribution in [0.4, 0.5) is 5.95 Å². The molecule has 0 radical (unpaired) electrons. The van der Waals surface area contributed by atoms with Crippen LogP contribution in [-0.4, -0.2) is 34.6 Å². The van der Waals surface area contributed by atoms with Crippen LogP contribution >= 0.6 is 0 Å². The first kappa shape index (κ1) is 15.6. The summed E-state index contributed by atoms with van der Waals surface area (Å²) in [5, 5.41) is 3.31. The standard InChI is InChI=1S/C17H26N4/c1-4-18-17-19-15(2)13-21(17)12-8-11-20(3)14-16-9-6-5-7-10-16/h5-7,9-10,13H,4,8,11-12,14H2,1-3H3,(H,18,19). The summed E-state index contributed by atoms with van der Waals surface area (Å²) in [7, 11) is 2.18. The number of nitrogens with zero attached hydrogens (tertiary/aromatic N) is 3. The Morgan fingerprint density at radius 1 is 1.24 bits per heavy atom. The number of anilines is 1. The van der Waals surface area contributed by atoms with E-state index in [9.17, 15) is 0 Å². The minimum absolute atomic E-state index is 0.907. The van der Waals surface area contributed by atoms with Gasteiger partial charge in [0.2, 0.25) is 5.95 Å². The van der Waals surface area contributed by atoms with Crippen LogP contribution in [0.3, 0.4) is 0 Å². The fourth-order valence-electron chi connectivity index (χ4n) is 2.50. The van der Waals surface area contributed by atoms with Crippen LogP contribution < -0.4 is 5.32 Å². The van der Waals surface area contributed by atoms with Crippen LogP contribution in [0.1, 0.15) is 24.6 Å². The van der Waals surface area contributed by atoms with Crippen molar-refractivity contribution in [1.82, 2.24) is 14.5 Å². The number of rotatable bonds is 8. The van der Waals surface area contributed by atoms with E-state index in [0.29, 0.717) is 0 Å². The van der Waals surface area contributed by atoms with Crippen molar-refractivity contribution in [3.8, 4) is 0 Å². The fraction of sp³-hybridized carbons (Fsp3) is 0.471. The zero-order valence-corrected chi connectivity index (χ0v) is 13.3. The van der Waals surface area contributed by atoms with Gasteiger partial charge in [-0.25, -0.2) is 4.98 Å². The van der Waals surface area contributed by atoms with Crippen LogP contribution in [0.5, 0.6) is 0 Å². The van der Waals surface area contributed by atoms with Gasteiger partial charge in [0, 0.05) is 25.8 Å². The van der Waals surface area contributed by atoms with Gasteiger partial charge in [0.05, 0.1) is 5.69 Å². The highest BCUT2D eigenvalue weighted by Crippen LogP contribution is 2.10. The first-order chi connectivity index (χ1) is 10.2. The van der Waals surface area contributed by atoms with Gasteiger partial charge in [-0.15, -0.1) is 0 Å². The molecule has 0 saturated heterocycles. The van der Waals surface area contributed by atoms with Crippen LogP contribution in [0.25, 0.3) is 0 Å². The highest BCUT2D eigenvalue weighted by atomic mass is 15.2. The summed E-state index contributed by atoms with van der Waals surface area (Å²) in [5.41, 5.74) is 2.44. The summed E-state index contributed by atoms with van der Waals surface area (Å²) >= 11 is 0. The van der Waals surface area contributed by atoms with Gasteiger partial charge in [-0.3, -0.25) is 0 Å². The van der Waals surface area contributed by atoms with Crippen molar-refractivity contribution in [3.63, 3.8) is 0 Å². The van der Waals surface area contributed by atoms with E-state index in [-0.39, 0.29) is 0 Å².